The molecule has 0 saturated carbocycles. The fourth-order valence-corrected chi connectivity index (χ4v) is 3.27. The second-order valence-electron chi connectivity index (χ2n) is 5.51. The average Bonchev–Trinajstić information content (AvgIpc) is 2.56. The minimum absolute atomic E-state index is 0.221. The molecule has 0 unspecified atom stereocenters. The van der Waals surface area contributed by atoms with Gasteiger partial charge in [-0.3, -0.25) is 4.72 Å². The number of alkyl halides is 3. The summed E-state index contributed by atoms with van der Waals surface area (Å²) in [7, 11) is -1.88. The molecule has 0 aliphatic rings. The van der Waals surface area contributed by atoms with Crippen molar-refractivity contribution in [1.82, 2.24) is 0 Å². The largest absolute Gasteiger partial charge is 0.573 e. The lowest BCUT2D eigenvalue weighted by atomic mass is 10.3. The second kappa shape index (κ2) is 7.37. The number of sulfonamides is 1. The average molecular weight is 432 g/mol. The van der Waals surface area contributed by atoms with E-state index in [0.29, 0.717) is 5.69 Å². The van der Waals surface area contributed by atoms with E-state index in [1.807, 2.05) is 0 Å². The van der Waals surface area contributed by atoms with Crippen LogP contribution in [0, 0.1) is 23.3 Å². The molecule has 2 aromatic rings. The van der Waals surface area contributed by atoms with Crippen LogP contribution in [-0.2, 0) is 10.0 Å². The van der Waals surface area contributed by atoms with Crippen LogP contribution >= 0.6 is 0 Å². The van der Waals surface area contributed by atoms with E-state index in [9.17, 15) is 39.2 Å². The summed E-state index contributed by atoms with van der Waals surface area (Å²) < 4.78 is 121. The molecule has 13 heteroatoms. The zero-order valence-electron chi connectivity index (χ0n) is 14.0. The molecular formula is C15H11F7N2O3S. The van der Waals surface area contributed by atoms with Gasteiger partial charge < -0.3 is 9.64 Å². The third-order valence-corrected chi connectivity index (χ3v) is 4.71. The standard InChI is InChI=1S/C15H11F7N2O3S/c1-24(2)8-5-3-7(4-6-8)23-28(25,26)14-11(18)9(16)13(10(17)12(14)19)27-15(20,21)22/h3-6,23H,1-2H3. The van der Waals surface area contributed by atoms with Crippen LogP contribution in [0.5, 0.6) is 5.75 Å². The Morgan fingerprint density at radius 1 is 0.893 bits per heavy atom. The van der Waals surface area contributed by atoms with Crippen molar-refractivity contribution in [3.05, 3.63) is 47.5 Å². The molecule has 0 saturated heterocycles. The van der Waals surface area contributed by atoms with Crippen LogP contribution in [0.1, 0.15) is 0 Å². The number of nitrogens with one attached hydrogen (secondary N) is 1. The van der Waals surface area contributed by atoms with Gasteiger partial charge >= 0.3 is 6.36 Å². The number of anilines is 2. The molecule has 0 aliphatic heterocycles. The summed E-state index contributed by atoms with van der Waals surface area (Å²) in [5.74, 6) is -12.9. The monoisotopic (exact) mass is 432 g/mol. The fraction of sp³-hybridized carbons (Fsp3) is 0.200. The van der Waals surface area contributed by atoms with Crippen LogP contribution < -0.4 is 14.4 Å². The van der Waals surface area contributed by atoms with Crippen molar-refractivity contribution in [3.63, 3.8) is 0 Å². The Balaban J connectivity index is 2.51. The zero-order valence-corrected chi connectivity index (χ0v) is 14.9. The SMILES string of the molecule is CN(C)c1ccc(NS(=O)(=O)c2c(F)c(F)c(OC(F)(F)F)c(F)c2F)cc1. The van der Waals surface area contributed by atoms with E-state index in [4.69, 9.17) is 0 Å². The molecule has 0 aromatic heterocycles. The first-order valence-electron chi connectivity index (χ1n) is 7.16. The predicted octanol–water partition coefficient (Wildman–Crippen LogP) is 4.01. The number of benzene rings is 2. The van der Waals surface area contributed by atoms with Crippen LogP contribution in [-0.4, -0.2) is 28.9 Å². The third kappa shape index (κ3) is 4.40. The van der Waals surface area contributed by atoms with Gasteiger partial charge in [-0.2, -0.15) is 8.78 Å². The van der Waals surface area contributed by atoms with E-state index in [1.165, 1.54) is 24.3 Å². The van der Waals surface area contributed by atoms with Gasteiger partial charge in [-0.05, 0) is 24.3 Å². The summed E-state index contributed by atoms with van der Waals surface area (Å²) in [4.78, 5) is -0.476. The van der Waals surface area contributed by atoms with Crippen molar-refractivity contribution >= 4 is 21.4 Å². The second-order valence-corrected chi connectivity index (χ2v) is 7.13. The third-order valence-electron chi connectivity index (χ3n) is 3.31. The molecule has 0 bridgehead atoms. The highest BCUT2D eigenvalue weighted by atomic mass is 32.2. The molecule has 0 aliphatic carbocycles. The molecule has 0 amide bonds. The minimum Gasteiger partial charge on any atom is -0.399 e. The summed E-state index contributed by atoms with van der Waals surface area (Å²) in [5, 5.41) is 0. The van der Waals surface area contributed by atoms with Gasteiger partial charge in [0.2, 0.25) is 17.4 Å². The molecule has 0 spiro atoms. The van der Waals surface area contributed by atoms with E-state index >= 15 is 0 Å². The van der Waals surface area contributed by atoms with E-state index in [0.717, 1.165) is 0 Å². The number of ether oxygens (including phenoxy) is 1. The maximum Gasteiger partial charge on any atom is 0.573 e. The Kier molecular flexibility index (Phi) is 5.69. The number of halogens is 7. The Labute approximate surface area is 154 Å². The van der Waals surface area contributed by atoms with Gasteiger partial charge in [0.15, 0.2) is 16.5 Å². The number of rotatable bonds is 5. The smallest absolute Gasteiger partial charge is 0.399 e. The summed E-state index contributed by atoms with van der Waals surface area (Å²) in [6, 6.07) is 5.23. The molecular weight excluding hydrogens is 421 g/mol. The Bertz CT molecular complexity index is 961. The van der Waals surface area contributed by atoms with Crippen molar-refractivity contribution in [2.75, 3.05) is 23.7 Å². The lowest BCUT2D eigenvalue weighted by molar-refractivity contribution is -0.276. The van der Waals surface area contributed by atoms with Gasteiger partial charge in [0.25, 0.3) is 10.0 Å². The topological polar surface area (TPSA) is 58.6 Å². The van der Waals surface area contributed by atoms with Crippen LogP contribution in [0.25, 0.3) is 0 Å². The van der Waals surface area contributed by atoms with Crippen molar-refractivity contribution in [1.29, 1.82) is 0 Å². The van der Waals surface area contributed by atoms with E-state index in [2.05, 4.69) is 4.74 Å². The van der Waals surface area contributed by atoms with Gasteiger partial charge in [-0.1, -0.05) is 0 Å². The highest BCUT2D eigenvalue weighted by molar-refractivity contribution is 7.92. The molecule has 28 heavy (non-hydrogen) atoms. The molecule has 0 fully saturated rings. The Morgan fingerprint density at radius 2 is 1.36 bits per heavy atom. The Hall–Kier alpha value is -2.70. The maximum absolute atomic E-state index is 14.0. The molecule has 2 rings (SSSR count). The number of hydrogen-bond donors (Lipinski definition) is 1. The predicted molar refractivity (Wildman–Crippen MR) is 84.5 cm³/mol. The summed E-state index contributed by atoms with van der Waals surface area (Å²) >= 11 is 0. The Morgan fingerprint density at radius 3 is 1.75 bits per heavy atom. The molecule has 0 heterocycles. The van der Waals surface area contributed by atoms with Gasteiger partial charge in [-0.25, -0.2) is 17.2 Å². The van der Waals surface area contributed by atoms with Crippen molar-refractivity contribution in [2.45, 2.75) is 11.3 Å². The highest BCUT2D eigenvalue weighted by Gasteiger charge is 2.39. The zero-order chi connectivity index (χ0) is 21.4. The molecule has 1 N–H and O–H groups in total. The fourth-order valence-electron chi connectivity index (χ4n) is 2.07. The van der Waals surface area contributed by atoms with Gasteiger partial charge in [0.05, 0.1) is 0 Å². The summed E-state index contributed by atoms with van der Waals surface area (Å²) in [6.07, 6.45) is -5.67. The summed E-state index contributed by atoms with van der Waals surface area (Å²) in [6.45, 7) is 0. The first-order chi connectivity index (χ1) is 12.7. The first-order valence-corrected chi connectivity index (χ1v) is 8.65. The molecule has 154 valence electrons. The number of nitrogens with zero attached hydrogens (tertiary/aromatic N) is 1. The van der Waals surface area contributed by atoms with Crippen LogP contribution in [0.3, 0.4) is 0 Å². The lowest BCUT2D eigenvalue weighted by Gasteiger charge is -2.16. The number of hydrogen-bond acceptors (Lipinski definition) is 4. The van der Waals surface area contributed by atoms with E-state index < -0.39 is 50.3 Å². The molecule has 2 aromatic carbocycles. The highest BCUT2D eigenvalue weighted by Crippen LogP contribution is 2.36. The normalized spacial score (nSPS) is 12.0. The van der Waals surface area contributed by atoms with E-state index in [-0.39, 0.29) is 5.69 Å². The first kappa shape index (κ1) is 21.6. The quantitative estimate of drug-likeness (QED) is 0.573. The van der Waals surface area contributed by atoms with Gasteiger partial charge in [0, 0.05) is 25.5 Å². The molecule has 5 nitrogen and oxygen atoms in total. The van der Waals surface area contributed by atoms with Gasteiger partial charge in [0.1, 0.15) is 0 Å². The summed E-state index contributed by atoms with van der Waals surface area (Å²) in [5.41, 5.74) is 0.409. The van der Waals surface area contributed by atoms with Crippen molar-refractivity contribution in [3.8, 4) is 5.75 Å². The molecule has 0 radical (unpaired) electrons. The maximum atomic E-state index is 14.0. The minimum atomic E-state index is -5.67. The van der Waals surface area contributed by atoms with Gasteiger partial charge in [-0.15, -0.1) is 13.2 Å². The molecule has 0 atom stereocenters. The van der Waals surface area contributed by atoms with Crippen molar-refractivity contribution in [2.24, 2.45) is 0 Å². The van der Waals surface area contributed by atoms with Crippen molar-refractivity contribution < 1.29 is 43.9 Å². The van der Waals surface area contributed by atoms with Crippen LogP contribution in [0.15, 0.2) is 29.2 Å². The lowest BCUT2D eigenvalue weighted by Crippen LogP contribution is -2.23. The van der Waals surface area contributed by atoms with Crippen LogP contribution in [0.2, 0.25) is 0 Å². The van der Waals surface area contributed by atoms with Crippen LogP contribution in [0.4, 0.5) is 42.1 Å². The van der Waals surface area contributed by atoms with E-state index in [1.54, 1.807) is 23.7 Å².